The van der Waals surface area contributed by atoms with E-state index >= 15 is 0 Å². The molecule has 6 nitrogen and oxygen atoms in total. The van der Waals surface area contributed by atoms with Gasteiger partial charge < -0.3 is 10.1 Å². The van der Waals surface area contributed by atoms with Crippen LogP contribution in [0.1, 0.15) is 16.7 Å². The molecule has 2 aromatic carbocycles. The Kier molecular flexibility index (Phi) is 6.62. The van der Waals surface area contributed by atoms with Crippen molar-refractivity contribution in [2.24, 2.45) is 0 Å². The molecule has 4 rings (SSSR count). The number of aromatic nitrogens is 2. The Morgan fingerprint density at radius 3 is 2.78 bits per heavy atom. The minimum atomic E-state index is -0.180. The number of nitrogens with zero attached hydrogens (tertiary/aromatic N) is 2. The number of aryl methyl sites for hydroxylation is 2. The summed E-state index contributed by atoms with van der Waals surface area (Å²) in [6.45, 7) is 4.52. The second-order valence-corrected chi connectivity index (χ2v) is 9.27. The van der Waals surface area contributed by atoms with Gasteiger partial charge in [-0.05, 0) is 54.1 Å². The molecule has 0 unspecified atom stereocenters. The van der Waals surface area contributed by atoms with Gasteiger partial charge >= 0.3 is 0 Å². The first-order chi connectivity index (χ1) is 15.4. The third-order valence-corrected chi connectivity index (χ3v) is 7.00. The molecule has 0 atom stereocenters. The highest BCUT2D eigenvalue weighted by molar-refractivity contribution is 7.99. The van der Waals surface area contributed by atoms with Crippen molar-refractivity contribution in [3.63, 3.8) is 0 Å². The van der Waals surface area contributed by atoms with Crippen LogP contribution in [0.5, 0.6) is 5.75 Å². The van der Waals surface area contributed by atoms with Gasteiger partial charge in [0.2, 0.25) is 5.91 Å². The zero-order valence-electron chi connectivity index (χ0n) is 18.0. The van der Waals surface area contributed by atoms with Crippen LogP contribution in [0.25, 0.3) is 10.2 Å². The number of methoxy groups -OCH3 is 1. The van der Waals surface area contributed by atoms with Crippen molar-refractivity contribution in [1.82, 2.24) is 9.55 Å². The van der Waals surface area contributed by atoms with E-state index in [9.17, 15) is 9.59 Å². The minimum Gasteiger partial charge on any atom is -0.497 e. The molecule has 164 valence electrons. The Bertz CT molecular complexity index is 1340. The summed E-state index contributed by atoms with van der Waals surface area (Å²) in [7, 11) is 1.58. The summed E-state index contributed by atoms with van der Waals surface area (Å²) in [6, 6.07) is 15.2. The average Bonchev–Trinajstić information content (AvgIpc) is 3.26. The smallest absolute Gasteiger partial charge is 0.272 e. The number of fused-ring (bicyclic) bond motifs is 1. The Balaban J connectivity index is 1.58. The summed E-state index contributed by atoms with van der Waals surface area (Å²) in [5.74, 6) is 0.620. The van der Waals surface area contributed by atoms with Crippen molar-refractivity contribution in [1.29, 1.82) is 0 Å². The van der Waals surface area contributed by atoms with Crippen LogP contribution in [0.3, 0.4) is 0 Å². The van der Waals surface area contributed by atoms with Crippen molar-refractivity contribution in [2.45, 2.75) is 25.5 Å². The van der Waals surface area contributed by atoms with Crippen LogP contribution in [0, 0.1) is 13.8 Å². The molecule has 1 N–H and O–H groups in total. The molecule has 0 radical (unpaired) electrons. The SMILES string of the molecule is COc1cccc(NC(=O)CSc2nc3ccsc3c(=O)n2Cc2ccc(C)c(C)c2)c1. The quantitative estimate of drug-likeness (QED) is 0.312. The molecule has 0 aliphatic rings. The summed E-state index contributed by atoms with van der Waals surface area (Å²) in [6.07, 6.45) is 0. The third-order valence-electron chi connectivity index (χ3n) is 5.13. The fourth-order valence-corrected chi connectivity index (χ4v) is 4.86. The fraction of sp³-hybridized carbons (Fsp3) is 0.208. The largest absolute Gasteiger partial charge is 0.497 e. The highest BCUT2D eigenvalue weighted by Gasteiger charge is 2.15. The molecule has 0 spiro atoms. The predicted octanol–water partition coefficient (Wildman–Crippen LogP) is 4.86. The number of rotatable bonds is 7. The molecule has 0 saturated heterocycles. The molecule has 0 saturated carbocycles. The van der Waals surface area contributed by atoms with E-state index in [2.05, 4.69) is 36.3 Å². The van der Waals surface area contributed by atoms with Gasteiger partial charge in [0.15, 0.2) is 5.16 Å². The van der Waals surface area contributed by atoms with E-state index in [0.717, 1.165) is 5.56 Å². The second kappa shape index (κ2) is 9.58. The number of thioether (sulfide) groups is 1. The molecule has 0 fully saturated rings. The highest BCUT2D eigenvalue weighted by atomic mass is 32.2. The molecule has 32 heavy (non-hydrogen) atoms. The summed E-state index contributed by atoms with van der Waals surface area (Å²) in [5.41, 5.74) is 4.63. The number of anilines is 1. The van der Waals surface area contributed by atoms with Gasteiger partial charge in [0.25, 0.3) is 5.56 Å². The van der Waals surface area contributed by atoms with Gasteiger partial charge in [-0.3, -0.25) is 14.2 Å². The maximum Gasteiger partial charge on any atom is 0.272 e. The Labute approximate surface area is 194 Å². The van der Waals surface area contributed by atoms with Gasteiger partial charge in [-0.25, -0.2) is 4.98 Å². The molecule has 4 aromatic rings. The van der Waals surface area contributed by atoms with Crippen LogP contribution >= 0.6 is 23.1 Å². The lowest BCUT2D eigenvalue weighted by Crippen LogP contribution is -2.24. The molecular formula is C24H23N3O3S2. The molecule has 0 aliphatic heterocycles. The van der Waals surface area contributed by atoms with Crippen LogP contribution in [0.15, 0.2) is 63.9 Å². The summed E-state index contributed by atoms with van der Waals surface area (Å²) in [4.78, 5) is 30.4. The van der Waals surface area contributed by atoms with E-state index in [0.29, 0.717) is 33.4 Å². The van der Waals surface area contributed by atoms with Gasteiger partial charge in [0.05, 0.1) is 24.9 Å². The van der Waals surface area contributed by atoms with E-state index in [1.54, 1.807) is 23.8 Å². The van der Waals surface area contributed by atoms with E-state index in [1.165, 1.54) is 34.2 Å². The van der Waals surface area contributed by atoms with Crippen LogP contribution in [0.2, 0.25) is 0 Å². The van der Waals surface area contributed by atoms with Gasteiger partial charge in [-0.1, -0.05) is 36.0 Å². The van der Waals surface area contributed by atoms with Crippen LogP contribution in [0.4, 0.5) is 5.69 Å². The van der Waals surface area contributed by atoms with E-state index in [4.69, 9.17) is 4.74 Å². The summed E-state index contributed by atoms with van der Waals surface area (Å²) >= 11 is 2.64. The number of carbonyl (C=O) groups is 1. The van der Waals surface area contributed by atoms with Crippen molar-refractivity contribution in [3.05, 3.63) is 81.0 Å². The average molecular weight is 466 g/mol. The van der Waals surface area contributed by atoms with E-state index in [1.807, 2.05) is 29.6 Å². The first-order valence-electron chi connectivity index (χ1n) is 10.1. The van der Waals surface area contributed by atoms with Crippen LogP contribution in [-0.4, -0.2) is 28.3 Å². The maximum atomic E-state index is 13.2. The predicted molar refractivity (Wildman–Crippen MR) is 131 cm³/mol. The van der Waals surface area contributed by atoms with Crippen LogP contribution in [-0.2, 0) is 11.3 Å². The summed E-state index contributed by atoms with van der Waals surface area (Å²) < 4.78 is 7.48. The van der Waals surface area contributed by atoms with Gasteiger partial charge in [-0.2, -0.15) is 0 Å². The molecule has 1 amide bonds. The lowest BCUT2D eigenvalue weighted by Gasteiger charge is -2.13. The second-order valence-electron chi connectivity index (χ2n) is 7.41. The molecule has 8 heteroatoms. The number of hydrogen-bond acceptors (Lipinski definition) is 6. The zero-order valence-corrected chi connectivity index (χ0v) is 19.7. The molecule has 2 aromatic heterocycles. The number of ether oxygens (including phenoxy) is 1. The minimum absolute atomic E-state index is 0.0843. The Morgan fingerprint density at radius 2 is 2.00 bits per heavy atom. The zero-order chi connectivity index (χ0) is 22.7. The monoisotopic (exact) mass is 465 g/mol. The van der Waals surface area contributed by atoms with Gasteiger partial charge in [0, 0.05) is 11.8 Å². The maximum absolute atomic E-state index is 13.2. The van der Waals surface area contributed by atoms with E-state index < -0.39 is 0 Å². The summed E-state index contributed by atoms with van der Waals surface area (Å²) in [5, 5.41) is 5.26. The van der Waals surface area contributed by atoms with Crippen molar-refractivity contribution in [2.75, 3.05) is 18.2 Å². The molecule has 0 bridgehead atoms. The fourth-order valence-electron chi connectivity index (χ4n) is 3.29. The lowest BCUT2D eigenvalue weighted by molar-refractivity contribution is -0.113. The normalized spacial score (nSPS) is 11.0. The van der Waals surface area contributed by atoms with Gasteiger partial charge in [-0.15, -0.1) is 11.3 Å². The molecular weight excluding hydrogens is 442 g/mol. The number of amides is 1. The van der Waals surface area contributed by atoms with Crippen molar-refractivity contribution < 1.29 is 9.53 Å². The van der Waals surface area contributed by atoms with Gasteiger partial charge in [0.1, 0.15) is 10.4 Å². The van der Waals surface area contributed by atoms with E-state index in [-0.39, 0.29) is 17.2 Å². The number of thiophene rings is 1. The standard InChI is InChI=1S/C24H23N3O3S2/c1-15-7-8-17(11-16(15)2)13-27-23(29)22-20(9-10-31-22)26-24(27)32-14-21(28)25-18-5-4-6-19(12-18)30-3/h4-12H,13-14H2,1-3H3,(H,25,28). The number of hydrogen-bond donors (Lipinski definition) is 1. The highest BCUT2D eigenvalue weighted by Crippen LogP contribution is 2.23. The lowest BCUT2D eigenvalue weighted by atomic mass is 10.1. The first-order valence-corrected chi connectivity index (χ1v) is 11.9. The topological polar surface area (TPSA) is 73.2 Å². The number of benzene rings is 2. The third kappa shape index (κ3) is 4.87. The number of carbonyl (C=O) groups excluding carboxylic acids is 1. The Morgan fingerprint density at radius 1 is 1.16 bits per heavy atom. The van der Waals surface area contributed by atoms with Crippen molar-refractivity contribution >= 4 is 44.9 Å². The first kappa shape index (κ1) is 22.1. The number of nitrogens with one attached hydrogen (secondary N) is 1. The van der Waals surface area contributed by atoms with Crippen molar-refractivity contribution in [3.8, 4) is 5.75 Å². The molecule has 0 aliphatic carbocycles. The Hall–Kier alpha value is -3.10. The molecule has 2 heterocycles. The van der Waals surface area contributed by atoms with Crippen LogP contribution < -0.4 is 15.6 Å².